The Hall–Kier alpha value is -1.52. The summed E-state index contributed by atoms with van der Waals surface area (Å²) in [5, 5.41) is 6.77. The minimum Gasteiger partial charge on any atom is -0.370 e. The Kier molecular flexibility index (Phi) is 3.44. The lowest BCUT2D eigenvalue weighted by molar-refractivity contribution is -0.116. The molecule has 1 aliphatic rings. The lowest BCUT2D eigenvalue weighted by Gasteiger charge is -2.14. The number of aryl methyl sites for hydroxylation is 1. The highest BCUT2D eigenvalue weighted by Crippen LogP contribution is 2.35. The summed E-state index contributed by atoms with van der Waals surface area (Å²) in [6.45, 7) is 1.95. The van der Waals surface area contributed by atoms with Gasteiger partial charge < -0.3 is 10.6 Å². The van der Waals surface area contributed by atoms with Gasteiger partial charge in [0, 0.05) is 26.4 Å². The standard InChI is InChI=1S/C15H12BrClN2O/c1-8-2-4-10(7-12(8)17)18-14-11-6-9(16)3-5-13(11)19-15(14)20/h2-7,14,18H,1H3,(H,19,20). The zero-order valence-corrected chi connectivity index (χ0v) is 13.0. The topological polar surface area (TPSA) is 41.1 Å². The number of anilines is 2. The number of hydrogen-bond donors (Lipinski definition) is 2. The Morgan fingerprint density at radius 2 is 2.05 bits per heavy atom. The van der Waals surface area contributed by atoms with Crippen LogP contribution in [0.4, 0.5) is 11.4 Å². The second-order valence-electron chi connectivity index (χ2n) is 4.76. The molecule has 1 unspecified atom stereocenters. The van der Waals surface area contributed by atoms with Crippen LogP contribution in [0.5, 0.6) is 0 Å². The van der Waals surface area contributed by atoms with Crippen LogP contribution < -0.4 is 10.6 Å². The summed E-state index contributed by atoms with van der Waals surface area (Å²) >= 11 is 9.54. The van der Waals surface area contributed by atoms with E-state index in [0.717, 1.165) is 27.0 Å². The van der Waals surface area contributed by atoms with Crippen LogP contribution in [0.15, 0.2) is 40.9 Å². The molecule has 2 aromatic carbocycles. The van der Waals surface area contributed by atoms with Gasteiger partial charge in [-0.2, -0.15) is 0 Å². The first-order chi connectivity index (χ1) is 9.54. The third kappa shape index (κ3) is 2.41. The number of halogens is 2. The van der Waals surface area contributed by atoms with Crippen LogP contribution in [-0.2, 0) is 4.79 Å². The van der Waals surface area contributed by atoms with Crippen molar-refractivity contribution in [3.63, 3.8) is 0 Å². The minimum absolute atomic E-state index is 0.0604. The summed E-state index contributed by atoms with van der Waals surface area (Å²) < 4.78 is 0.946. The fourth-order valence-corrected chi connectivity index (χ4v) is 2.78. The van der Waals surface area contributed by atoms with E-state index in [9.17, 15) is 4.79 Å². The molecule has 3 rings (SSSR count). The highest BCUT2D eigenvalue weighted by molar-refractivity contribution is 9.10. The van der Waals surface area contributed by atoms with Crippen LogP contribution in [0.3, 0.4) is 0 Å². The highest BCUT2D eigenvalue weighted by atomic mass is 79.9. The predicted molar refractivity (Wildman–Crippen MR) is 85.3 cm³/mol. The first kappa shape index (κ1) is 13.5. The van der Waals surface area contributed by atoms with Crippen LogP contribution in [0.25, 0.3) is 0 Å². The van der Waals surface area contributed by atoms with Crippen molar-refractivity contribution in [1.29, 1.82) is 0 Å². The van der Waals surface area contributed by atoms with Gasteiger partial charge in [-0.25, -0.2) is 0 Å². The predicted octanol–water partition coefficient (Wildman–Crippen LogP) is 4.52. The number of benzene rings is 2. The zero-order chi connectivity index (χ0) is 14.3. The maximum atomic E-state index is 12.1. The first-order valence-corrected chi connectivity index (χ1v) is 7.35. The van der Waals surface area contributed by atoms with E-state index in [0.29, 0.717) is 5.02 Å². The van der Waals surface area contributed by atoms with Gasteiger partial charge in [0.2, 0.25) is 0 Å². The van der Waals surface area contributed by atoms with Gasteiger partial charge in [-0.15, -0.1) is 0 Å². The molecular formula is C15H12BrClN2O. The molecule has 0 aliphatic carbocycles. The van der Waals surface area contributed by atoms with E-state index in [4.69, 9.17) is 11.6 Å². The Labute approximate surface area is 130 Å². The SMILES string of the molecule is Cc1ccc(NC2C(=O)Nc3ccc(Br)cc32)cc1Cl. The van der Waals surface area contributed by atoms with Gasteiger partial charge >= 0.3 is 0 Å². The van der Waals surface area contributed by atoms with Crippen molar-refractivity contribution >= 4 is 44.8 Å². The molecule has 1 heterocycles. The Balaban J connectivity index is 1.93. The molecule has 0 fully saturated rings. The van der Waals surface area contributed by atoms with Crippen LogP contribution in [0.1, 0.15) is 17.2 Å². The van der Waals surface area contributed by atoms with Crippen molar-refractivity contribution in [2.75, 3.05) is 10.6 Å². The third-order valence-corrected chi connectivity index (χ3v) is 4.23. The lowest BCUT2D eigenvalue weighted by atomic mass is 10.1. The van der Waals surface area contributed by atoms with Crippen LogP contribution >= 0.6 is 27.5 Å². The van der Waals surface area contributed by atoms with Crippen molar-refractivity contribution in [1.82, 2.24) is 0 Å². The van der Waals surface area contributed by atoms with Crippen molar-refractivity contribution in [2.45, 2.75) is 13.0 Å². The largest absolute Gasteiger partial charge is 0.370 e. The number of carbonyl (C=O) groups excluding carboxylic acids is 1. The molecule has 2 N–H and O–H groups in total. The highest BCUT2D eigenvalue weighted by Gasteiger charge is 2.30. The summed E-state index contributed by atoms with van der Waals surface area (Å²) in [6.07, 6.45) is 0. The summed E-state index contributed by atoms with van der Waals surface area (Å²) in [6, 6.07) is 11.0. The van der Waals surface area contributed by atoms with Gasteiger partial charge in [-0.3, -0.25) is 4.79 Å². The smallest absolute Gasteiger partial charge is 0.251 e. The minimum atomic E-state index is -0.402. The number of rotatable bonds is 2. The molecule has 2 aromatic rings. The monoisotopic (exact) mass is 350 g/mol. The maximum absolute atomic E-state index is 12.1. The Morgan fingerprint density at radius 1 is 1.25 bits per heavy atom. The lowest BCUT2D eigenvalue weighted by Crippen LogP contribution is -2.19. The van der Waals surface area contributed by atoms with Crippen LogP contribution in [-0.4, -0.2) is 5.91 Å². The number of carbonyl (C=O) groups is 1. The summed E-state index contributed by atoms with van der Waals surface area (Å²) in [5.41, 5.74) is 3.61. The molecule has 0 spiro atoms. The van der Waals surface area contributed by atoms with Crippen molar-refractivity contribution < 1.29 is 4.79 Å². The fraction of sp³-hybridized carbons (Fsp3) is 0.133. The van der Waals surface area contributed by atoms with E-state index < -0.39 is 6.04 Å². The third-order valence-electron chi connectivity index (χ3n) is 3.33. The molecule has 0 saturated carbocycles. The van der Waals surface area contributed by atoms with Gasteiger partial charge in [0.05, 0.1) is 0 Å². The zero-order valence-electron chi connectivity index (χ0n) is 10.7. The Bertz CT molecular complexity index is 702. The van der Waals surface area contributed by atoms with E-state index in [2.05, 4.69) is 26.6 Å². The Morgan fingerprint density at radius 3 is 2.80 bits per heavy atom. The van der Waals surface area contributed by atoms with Crippen LogP contribution in [0, 0.1) is 6.92 Å². The van der Waals surface area contributed by atoms with Gasteiger partial charge in [-0.05, 0) is 42.8 Å². The molecule has 0 radical (unpaired) electrons. The van der Waals surface area contributed by atoms with Crippen molar-refractivity contribution in [3.05, 3.63) is 57.0 Å². The summed E-state index contributed by atoms with van der Waals surface area (Å²) in [7, 11) is 0. The van der Waals surface area contributed by atoms with E-state index in [1.165, 1.54) is 0 Å². The molecule has 102 valence electrons. The molecule has 1 aliphatic heterocycles. The van der Waals surface area contributed by atoms with E-state index >= 15 is 0 Å². The molecular weight excluding hydrogens is 340 g/mol. The molecule has 0 saturated heterocycles. The van der Waals surface area contributed by atoms with Crippen molar-refractivity contribution in [3.8, 4) is 0 Å². The second kappa shape index (κ2) is 5.11. The van der Waals surface area contributed by atoms with E-state index in [-0.39, 0.29) is 5.91 Å². The summed E-state index contributed by atoms with van der Waals surface area (Å²) in [5.74, 6) is -0.0604. The fourth-order valence-electron chi connectivity index (χ4n) is 2.22. The van der Waals surface area contributed by atoms with Crippen molar-refractivity contribution in [2.24, 2.45) is 0 Å². The van der Waals surface area contributed by atoms with Gasteiger partial charge in [-0.1, -0.05) is 33.6 Å². The van der Waals surface area contributed by atoms with E-state index in [1.807, 2.05) is 43.3 Å². The van der Waals surface area contributed by atoms with E-state index in [1.54, 1.807) is 0 Å². The molecule has 1 atom stereocenters. The molecule has 0 aromatic heterocycles. The van der Waals surface area contributed by atoms with Gasteiger partial charge in [0.15, 0.2) is 0 Å². The first-order valence-electron chi connectivity index (χ1n) is 6.17. The number of amides is 1. The molecule has 0 bridgehead atoms. The quantitative estimate of drug-likeness (QED) is 0.835. The second-order valence-corrected chi connectivity index (χ2v) is 6.09. The number of nitrogens with one attached hydrogen (secondary N) is 2. The van der Waals surface area contributed by atoms with Crippen LogP contribution in [0.2, 0.25) is 5.02 Å². The number of hydrogen-bond acceptors (Lipinski definition) is 2. The van der Waals surface area contributed by atoms with Gasteiger partial charge in [0.25, 0.3) is 5.91 Å². The number of fused-ring (bicyclic) bond motifs is 1. The molecule has 20 heavy (non-hydrogen) atoms. The normalized spacial score (nSPS) is 16.8. The summed E-state index contributed by atoms with van der Waals surface area (Å²) in [4.78, 5) is 12.1. The maximum Gasteiger partial charge on any atom is 0.251 e. The average molecular weight is 352 g/mol. The molecule has 5 heteroatoms. The van der Waals surface area contributed by atoms with Gasteiger partial charge in [0.1, 0.15) is 6.04 Å². The average Bonchev–Trinajstić information content (AvgIpc) is 2.70. The molecule has 3 nitrogen and oxygen atoms in total. The molecule has 1 amide bonds.